The number of carbonyl (C=O) groups is 1. The zero-order valence-electron chi connectivity index (χ0n) is 14.3. The summed E-state index contributed by atoms with van der Waals surface area (Å²) >= 11 is 11.9. The number of halogens is 2. The van der Waals surface area contributed by atoms with Crippen molar-refractivity contribution >= 4 is 29.1 Å². The number of fused-ring (bicyclic) bond motifs is 2. The average Bonchev–Trinajstić information content (AvgIpc) is 3.35. The molecule has 0 radical (unpaired) electrons. The lowest BCUT2D eigenvalue weighted by Gasteiger charge is -2.49. The summed E-state index contributed by atoms with van der Waals surface area (Å²) in [4.78, 5) is 23.3. The summed E-state index contributed by atoms with van der Waals surface area (Å²) in [6.07, 6.45) is 8.77. The van der Waals surface area contributed by atoms with Gasteiger partial charge in [-0.3, -0.25) is 4.79 Å². The van der Waals surface area contributed by atoms with Crippen LogP contribution in [-0.2, 0) is 11.3 Å². The Bertz CT molecular complexity index is 618. The van der Waals surface area contributed by atoms with Gasteiger partial charge < -0.3 is 10.2 Å². The fourth-order valence-electron chi connectivity index (χ4n) is 4.38. The van der Waals surface area contributed by atoms with Crippen molar-refractivity contribution in [3.63, 3.8) is 0 Å². The fourth-order valence-corrected chi connectivity index (χ4v) is 4.84. The van der Waals surface area contributed by atoms with E-state index in [1.165, 1.54) is 19.3 Å². The number of hydrogen-bond acceptors (Lipinski definition) is 4. The Kier molecular flexibility index (Phi) is 5.16. The molecule has 0 spiro atoms. The third-order valence-corrected chi connectivity index (χ3v) is 6.07. The van der Waals surface area contributed by atoms with Crippen molar-refractivity contribution in [1.82, 2.24) is 20.2 Å². The number of rotatable bonds is 5. The zero-order valence-corrected chi connectivity index (χ0v) is 15.8. The number of amides is 1. The topological polar surface area (TPSA) is 58.1 Å². The second-order valence-electron chi connectivity index (χ2n) is 7.67. The van der Waals surface area contributed by atoms with Crippen LogP contribution in [0.25, 0.3) is 0 Å². The van der Waals surface area contributed by atoms with Crippen molar-refractivity contribution < 1.29 is 4.79 Å². The predicted molar refractivity (Wildman–Crippen MR) is 97.5 cm³/mol. The van der Waals surface area contributed by atoms with Crippen molar-refractivity contribution in [1.29, 1.82) is 0 Å². The van der Waals surface area contributed by atoms with Gasteiger partial charge in [0.05, 0.1) is 6.54 Å². The Morgan fingerprint density at radius 2 is 1.76 bits per heavy atom. The maximum absolute atomic E-state index is 12.7. The highest BCUT2D eigenvalue weighted by atomic mass is 35.5. The molecule has 1 saturated carbocycles. The lowest BCUT2D eigenvalue weighted by molar-refractivity contribution is -0.141. The first kappa shape index (κ1) is 17.5. The van der Waals surface area contributed by atoms with Crippen LogP contribution in [0, 0.1) is 5.92 Å². The number of nitrogens with zero attached hydrogens (tertiary/aromatic N) is 3. The number of hydrogen-bond donors (Lipinski definition) is 1. The van der Waals surface area contributed by atoms with Crippen molar-refractivity contribution in [3.8, 4) is 0 Å². The number of piperidine rings is 2. The lowest BCUT2D eigenvalue weighted by atomic mass is 9.81. The van der Waals surface area contributed by atoms with Crippen LogP contribution in [0.5, 0.6) is 0 Å². The molecule has 0 aromatic carbocycles. The molecule has 3 aliphatic rings. The molecular weight excluding hydrogens is 359 g/mol. The molecule has 1 N–H and O–H groups in total. The summed E-state index contributed by atoms with van der Waals surface area (Å²) in [5, 5.41) is 4.29. The Labute approximate surface area is 158 Å². The third kappa shape index (κ3) is 4.26. The summed E-state index contributed by atoms with van der Waals surface area (Å²) in [6, 6.07) is 2.71. The van der Waals surface area contributed by atoms with Gasteiger partial charge in [-0.15, -0.1) is 0 Å². The predicted octanol–water partition coefficient (Wildman–Crippen LogP) is 3.59. The maximum atomic E-state index is 12.7. The zero-order chi connectivity index (χ0) is 17.4. The Morgan fingerprint density at radius 1 is 1.12 bits per heavy atom. The van der Waals surface area contributed by atoms with E-state index in [1.807, 2.05) is 0 Å². The van der Waals surface area contributed by atoms with Gasteiger partial charge in [0.1, 0.15) is 16.1 Å². The van der Waals surface area contributed by atoms with E-state index in [2.05, 4.69) is 20.2 Å². The molecule has 2 saturated heterocycles. The Morgan fingerprint density at radius 3 is 2.36 bits per heavy atom. The molecule has 1 aliphatic carbocycles. The van der Waals surface area contributed by atoms with Gasteiger partial charge in [0.2, 0.25) is 5.91 Å². The molecule has 1 amide bonds. The minimum Gasteiger partial charge on any atom is -0.337 e. The van der Waals surface area contributed by atoms with Crippen LogP contribution in [-0.4, -0.2) is 38.9 Å². The normalized spacial score (nSPS) is 28.9. The van der Waals surface area contributed by atoms with Gasteiger partial charge in [0.25, 0.3) is 0 Å². The van der Waals surface area contributed by atoms with Crippen molar-refractivity contribution in [2.75, 3.05) is 0 Å². The Hall–Kier alpha value is -0.910. The summed E-state index contributed by atoms with van der Waals surface area (Å²) in [5.74, 6) is 1.67. The molecular formula is C18H24Cl2N4O. The molecule has 3 heterocycles. The van der Waals surface area contributed by atoms with Gasteiger partial charge >= 0.3 is 0 Å². The van der Waals surface area contributed by atoms with Gasteiger partial charge in [0, 0.05) is 30.6 Å². The monoisotopic (exact) mass is 382 g/mol. The van der Waals surface area contributed by atoms with Gasteiger partial charge in [-0.25, -0.2) is 9.97 Å². The molecule has 4 rings (SSSR count). The van der Waals surface area contributed by atoms with Gasteiger partial charge in [-0.05, 0) is 50.9 Å². The molecule has 5 nitrogen and oxygen atoms in total. The minimum atomic E-state index is 0.370. The van der Waals surface area contributed by atoms with Crippen LogP contribution >= 0.6 is 23.2 Å². The summed E-state index contributed by atoms with van der Waals surface area (Å²) < 4.78 is 0. The average molecular weight is 383 g/mol. The second-order valence-corrected chi connectivity index (χ2v) is 8.44. The molecule has 2 atom stereocenters. The molecule has 136 valence electrons. The highest BCUT2D eigenvalue weighted by molar-refractivity contribution is 6.33. The molecule has 25 heavy (non-hydrogen) atoms. The van der Waals surface area contributed by atoms with Crippen LogP contribution in [0.1, 0.15) is 57.2 Å². The van der Waals surface area contributed by atoms with Crippen molar-refractivity contribution in [2.45, 2.75) is 76.0 Å². The van der Waals surface area contributed by atoms with Crippen LogP contribution in [0.3, 0.4) is 0 Å². The quantitative estimate of drug-likeness (QED) is 0.790. The second kappa shape index (κ2) is 7.37. The SMILES string of the molecule is O=C(CC1CC1)N1C2CCCC1CC(NCc1nc(Cl)cc(Cl)n1)C2. The minimum absolute atomic E-state index is 0.370. The highest BCUT2D eigenvalue weighted by Crippen LogP contribution is 2.38. The van der Waals surface area contributed by atoms with E-state index in [0.717, 1.165) is 32.1 Å². The highest BCUT2D eigenvalue weighted by Gasteiger charge is 2.41. The van der Waals surface area contributed by atoms with Gasteiger partial charge in [-0.1, -0.05) is 23.2 Å². The van der Waals surface area contributed by atoms with E-state index < -0.39 is 0 Å². The first-order chi connectivity index (χ1) is 12.1. The van der Waals surface area contributed by atoms with Gasteiger partial charge in [-0.2, -0.15) is 0 Å². The first-order valence-corrected chi connectivity index (χ1v) is 10.1. The van der Waals surface area contributed by atoms with E-state index in [9.17, 15) is 4.79 Å². The van der Waals surface area contributed by atoms with Crippen LogP contribution < -0.4 is 5.32 Å². The fraction of sp³-hybridized carbons (Fsp3) is 0.722. The van der Waals surface area contributed by atoms with Gasteiger partial charge in [0.15, 0.2) is 0 Å². The van der Waals surface area contributed by atoms with E-state index in [4.69, 9.17) is 23.2 Å². The number of aromatic nitrogens is 2. The third-order valence-electron chi connectivity index (χ3n) is 5.68. The summed E-state index contributed by atoms with van der Waals surface area (Å²) in [6.45, 7) is 0.556. The van der Waals surface area contributed by atoms with E-state index >= 15 is 0 Å². The summed E-state index contributed by atoms with van der Waals surface area (Å²) in [7, 11) is 0. The van der Waals surface area contributed by atoms with Crippen LogP contribution in [0.2, 0.25) is 10.3 Å². The van der Waals surface area contributed by atoms with E-state index in [1.54, 1.807) is 6.07 Å². The first-order valence-electron chi connectivity index (χ1n) is 9.32. The smallest absolute Gasteiger partial charge is 0.223 e. The molecule has 2 aliphatic heterocycles. The standard InChI is InChI=1S/C18H24Cl2N4O/c19-15-9-16(20)23-17(22-15)10-21-12-7-13-2-1-3-14(8-12)24(13)18(25)6-11-4-5-11/h9,11-14,21H,1-8,10H2. The summed E-state index contributed by atoms with van der Waals surface area (Å²) in [5.41, 5.74) is 0. The number of nitrogens with one attached hydrogen (secondary N) is 1. The van der Waals surface area contributed by atoms with Crippen LogP contribution in [0.4, 0.5) is 0 Å². The molecule has 3 fully saturated rings. The lowest BCUT2D eigenvalue weighted by Crippen LogP contribution is -2.58. The van der Waals surface area contributed by atoms with E-state index in [-0.39, 0.29) is 0 Å². The van der Waals surface area contributed by atoms with Crippen molar-refractivity contribution in [3.05, 3.63) is 22.2 Å². The number of carbonyl (C=O) groups excluding carboxylic acids is 1. The Balaban J connectivity index is 1.36. The van der Waals surface area contributed by atoms with E-state index in [0.29, 0.717) is 52.6 Å². The maximum Gasteiger partial charge on any atom is 0.223 e. The largest absolute Gasteiger partial charge is 0.337 e. The molecule has 1 aromatic heterocycles. The molecule has 1 aromatic rings. The molecule has 2 unspecified atom stereocenters. The molecule has 2 bridgehead atoms. The molecule has 7 heteroatoms. The van der Waals surface area contributed by atoms with Crippen LogP contribution in [0.15, 0.2) is 6.07 Å². The van der Waals surface area contributed by atoms with Crippen molar-refractivity contribution in [2.24, 2.45) is 5.92 Å².